The Kier molecular flexibility index (Phi) is 4.76. The van der Waals surface area contributed by atoms with Gasteiger partial charge in [-0.15, -0.1) is 0 Å². The third-order valence-electron chi connectivity index (χ3n) is 6.86. The van der Waals surface area contributed by atoms with Gasteiger partial charge >= 0.3 is 0 Å². The monoisotopic (exact) mass is 455 g/mol. The van der Waals surface area contributed by atoms with Gasteiger partial charge < -0.3 is 0 Å². The maximum absolute atomic E-state index is 5.28. The first-order chi connectivity index (χ1) is 17.8. The molecule has 0 radical (unpaired) electrons. The normalized spacial score (nSPS) is 11.1. The number of fused-ring (bicyclic) bond motifs is 6. The van der Waals surface area contributed by atoms with Crippen molar-refractivity contribution < 1.29 is 0 Å². The van der Waals surface area contributed by atoms with Crippen LogP contribution < -0.4 is 0 Å². The van der Waals surface area contributed by atoms with E-state index in [1.807, 2.05) is 30.3 Å². The van der Waals surface area contributed by atoms with Crippen molar-refractivity contribution in [2.45, 2.75) is 0 Å². The highest BCUT2D eigenvalue weighted by Crippen LogP contribution is 2.39. The summed E-state index contributed by atoms with van der Waals surface area (Å²) >= 11 is 0. The summed E-state index contributed by atoms with van der Waals surface area (Å²) in [6.07, 6.45) is 0. The molecule has 1 aromatic heterocycles. The van der Waals surface area contributed by atoms with E-state index in [1.165, 1.54) is 43.4 Å². The van der Waals surface area contributed by atoms with E-state index in [9.17, 15) is 0 Å². The number of hydrogen-bond acceptors (Lipinski definition) is 1. The summed E-state index contributed by atoms with van der Waals surface area (Å²) in [6.45, 7) is 0. The van der Waals surface area contributed by atoms with E-state index in [4.69, 9.17) is 4.98 Å². The van der Waals surface area contributed by atoms with Gasteiger partial charge in [-0.05, 0) is 40.6 Å². The highest BCUT2D eigenvalue weighted by Gasteiger charge is 2.15. The van der Waals surface area contributed by atoms with Crippen LogP contribution in [0.15, 0.2) is 127 Å². The molecule has 0 aliphatic carbocycles. The zero-order valence-corrected chi connectivity index (χ0v) is 19.6. The second kappa shape index (κ2) is 8.38. The van der Waals surface area contributed by atoms with Gasteiger partial charge in [0.2, 0.25) is 0 Å². The Balaban J connectivity index is 1.50. The molecule has 6 aromatic carbocycles. The first-order valence-electron chi connectivity index (χ1n) is 12.2. The molecule has 0 unspecified atom stereocenters. The van der Waals surface area contributed by atoms with Crippen molar-refractivity contribution in [3.8, 4) is 23.0 Å². The van der Waals surface area contributed by atoms with Gasteiger partial charge in [0.15, 0.2) is 0 Å². The summed E-state index contributed by atoms with van der Waals surface area (Å²) in [6, 6.07) is 44.6. The molecular formula is C35H21N. The fourth-order valence-corrected chi connectivity index (χ4v) is 5.11. The van der Waals surface area contributed by atoms with Gasteiger partial charge in [0.05, 0.1) is 11.0 Å². The number of benzene rings is 6. The van der Waals surface area contributed by atoms with Crippen LogP contribution in [0.3, 0.4) is 0 Å². The quantitative estimate of drug-likeness (QED) is 0.137. The van der Waals surface area contributed by atoms with E-state index >= 15 is 0 Å². The topological polar surface area (TPSA) is 12.9 Å². The first kappa shape index (κ1) is 20.4. The van der Waals surface area contributed by atoms with E-state index < -0.39 is 0 Å². The molecule has 1 heteroatoms. The molecule has 166 valence electrons. The molecular weight excluding hydrogens is 434 g/mol. The number of rotatable bonds is 1. The van der Waals surface area contributed by atoms with Crippen molar-refractivity contribution in [1.82, 2.24) is 4.98 Å². The zero-order chi connectivity index (χ0) is 23.9. The van der Waals surface area contributed by atoms with Crippen molar-refractivity contribution in [2.24, 2.45) is 0 Å². The second-order valence-corrected chi connectivity index (χ2v) is 9.05. The molecule has 1 nitrogen and oxygen atoms in total. The van der Waals surface area contributed by atoms with Crippen molar-refractivity contribution in [3.63, 3.8) is 0 Å². The lowest BCUT2D eigenvalue weighted by Crippen LogP contribution is -1.92. The second-order valence-electron chi connectivity index (χ2n) is 9.05. The summed E-state index contributed by atoms with van der Waals surface area (Å²) in [5.41, 5.74) is 6.49. The lowest BCUT2D eigenvalue weighted by atomic mass is 9.92. The predicted octanol–water partition coefficient (Wildman–Crippen LogP) is 8.76. The van der Waals surface area contributed by atoms with Crippen LogP contribution in [0.4, 0.5) is 0 Å². The SMILES string of the molecule is C(#Cc1ccc(-c2c3ccc4ccccc4c3nc3c2ccc2ccccc23)cc1)c1ccccc1. The van der Waals surface area contributed by atoms with E-state index in [2.05, 4.69) is 109 Å². The fraction of sp³-hybridized carbons (Fsp3) is 0. The Hall–Kier alpha value is -4.93. The lowest BCUT2D eigenvalue weighted by molar-refractivity contribution is 1.53. The minimum absolute atomic E-state index is 1.00. The number of aromatic nitrogens is 1. The van der Waals surface area contributed by atoms with Gasteiger partial charge in [-0.25, -0.2) is 4.98 Å². The van der Waals surface area contributed by atoms with Crippen molar-refractivity contribution in [2.75, 3.05) is 0 Å². The Bertz CT molecular complexity index is 1880. The molecule has 0 aliphatic heterocycles. The van der Waals surface area contributed by atoms with Crippen molar-refractivity contribution in [1.29, 1.82) is 0 Å². The van der Waals surface area contributed by atoms with Crippen LogP contribution in [-0.4, -0.2) is 4.98 Å². The Morgan fingerprint density at radius 2 is 0.889 bits per heavy atom. The molecule has 0 amide bonds. The van der Waals surface area contributed by atoms with Gasteiger partial charge in [0.1, 0.15) is 0 Å². The standard InChI is InChI=1S/C35H21N/c1-2-8-24(9-3-1)14-15-25-16-18-28(19-17-25)33-31-22-20-26-10-4-6-12-29(26)34(31)36-35-30-13-7-5-11-27(30)21-23-32(33)35/h1-13,16-23H. The molecule has 0 fully saturated rings. The molecule has 0 spiro atoms. The smallest absolute Gasteiger partial charge is 0.0794 e. The van der Waals surface area contributed by atoms with E-state index in [1.54, 1.807) is 0 Å². The average Bonchev–Trinajstić information content (AvgIpc) is 2.95. The van der Waals surface area contributed by atoms with Crippen LogP contribution in [0.1, 0.15) is 11.1 Å². The molecule has 0 aliphatic rings. The maximum atomic E-state index is 5.28. The van der Waals surface area contributed by atoms with E-state index in [-0.39, 0.29) is 0 Å². The lowest BCUT2D eigenvalue weighted by Gasteiger charge is -2.14. The molecule has 7 aromatic rings. The predicted molar refractivity (Wildman–Crippen MR) is 152 cm³/mol. The Morgan fingerprint density at radius 3 is 1.47 bits per heavy atom. The third kappa shape index (κ3) is 3.40. The summed E-state index contributed by atoms with van der Waals surface area (Å²) < 4.78 is 0. The van der Waals surface area contributed by atoms with Crippen LogP contribution in [-0.2, 0) is 0 Å². The summed E-state index contributed by atoms with van der Waals surface area (Å²) in [7, 11) is 0. The van der Waals surface area contributed by atoms with Gasteiger partial charge in [-0.3, -0.25) is 0 Å². The van der Waals surface area contributed by atoms with Crippen molar-refractivity contribution in [3.05, 3.63) is 139 Å². The van der Waals surface area contributed by atoms with Gasteiger partial charge in [-0.2, -0.15) is 0 Å². The first-order valence-corrected chi connectivity index (χ1v) is 12.2. The van der Waals surface area contributed by atoms with Crippen LogP contribution in [0.5, 0.6) is 0 Å². The Morgan fingerprint density at radius 1 is 0.389 bits per heavy atom. The summed E-state index contributed by atoms with van der Waals surface area (Å²) in [5.74, 6) is 6.56. The number of pyridine rings is 1. The van der Waals surface area contributed by atoms with Crippen LogP contribution in [0.25, 0.3) is 54.5 Å². The third-order valence-corrected chi connectivity index (χ3v) is 6.86. The van der Waals surface area contributed by atoms with Crippen LogP contribution in [0, 0.1) is 11.8 Å². The molecule has 0 N–H and O–H groups in total. The highest BCUT2D eigenvalue weighted by atomic mass is 14.7. The molecule has 0 saturated carbocycles. The zero-order valence-electron chi connectivity index (χ0n) is 19.6. The van der Waals surface area contributed by atoms with Crippen molar-refractivity contribution >= 4 is 43.4 Å². The molecule has 0 bridgehead atoms. The Labute approximate surface area is 209 Å². The number of hydrogen-bond donors (Lipinski definition) is 0. The molecule has 1 heterocycles. The molecule has 36 heavy (non-hydrogen) atoms. The molecule has 0 saturated heterocycles. The molecule has 7 rings (SSSR count). The maximum Gasteiger partial charge on any atom is 0.0794 e. The van der Waals surface area contributed by atoms with Gasteiger partial charge in [0, 0.05) is 38.2 Å². The summed E-state index contributed by atoms with van der Waals surface area (Å²) in [5, 5.41) is 7.09. The number of nitrogens with zero attached hydrogens (tertiary/aromatic N) is 1. The summed E-state index contributed by atoms with van der Waals surface area (Å²) in [4.78, 5) is 5.28. The molecule has 0 atom stereocenters. The average molecular weight is 456 g/mol. The largest absolute Gasteiger partial charge is 0.246 e. The van der Waals surface area contributed by atoms with E-state index in [0.717, 1.165) is 22.2 Å². The fourth-order valence-electron chi connectivity index (χ4n) is 5.11. The van der Waals surface area contributed by atoms with Crippen LogP contribution >= 0.6 is 0 Å². The highest BCUT2D eigenvalue weighted by molar-refractivity contribution is 6.21. The van der Waals surface area contributed by atoms with E-state index in [0.29, 0.717) is 0 Å². The van der Waals surface area contributed by atoms with Crippen LogP contribution in [0.2, 0.25) is 0 Å². The van der Waals surface area contributed by atoms with Gasteiger partial charge in [0.25, 0.3) is 0 Å². The van der Waals surface area contributed by atoms with Gasteiger partial charge in [-0.1, -0.05) is 115 Å². The minimum Gasteiger partial charge on any atom is -0.246 e. The minimum atomic E-state index is 1.00.